The van der Waals surface area contributed by atoms with Gasteiger partial charge in [-0.25, -0.2) is 0 Å². The van der Waals surface area contributed by atoms with Crippen LogP contribution in [-0.4, -0.2) is 24.5 Å². The van der Waals surface area contributed by atoms with Gasteiger partial charge in [0.2, 0.25) is 5.72 Å². The quantitative estimate of drug-likeness (QED) is 0.268. The summed E-state index contributed by atoms with van der Waals surface area (Å²) in [5, 5.41) is 2.88. The Morgan fingerprint density at radius 2 is 1.30 bits per heavy atom. The lowest BCUT2D eigenvalue weighted by atomic mass is 10.0. The number of carbonyl (C=O) groups excluding carboxylic acids is 2. The summed E-state index contributed by atoms with van der Waals surface area (Å²) in [6, 6.07) is 0. The number of unbranched alkanes of at least 4 members (excludes halogenated alkanes) is 8. The molecule has 0 spiro atoms. The molecule has 0 aliphatic rings. The van der Waals surface area contributed by atoms with Crippen molar-refractivity contribution >= 4 is 11.8 Å². The zero-order valence-corrected chi connectivity index (χ0v) is 15.7. The molecule has 23 heavy (non-hydrogen) atoms. The maximum Gasteiger partial charge on any atom is 0.307 e. The van der Waals surface area contributed by atoms with Crippen molar-refractivity contribution in [1.29, 1.82) is 0 Å². The first-order valence-corrected chi connectivity index (χ1v) is 9.44. The van der Waals surface area contributed by atoms with Gasteiger partial charge in [-0.3, -0.25) is 14.9 Å². The molecule has 0 amide bonds. The summed E-state index contributed by atoms with van der Waals surface area (Å²) in [6.07, 6.45) is 11.8. The molecule has 1 atom stereocenters. The van der Waals surface area contributed by atoms with Crippen molar-refractivity contribution in [1.82, 2.24) is 5.32 Å². The molecule has 0 bridgehead atoms. The van der Waals surface area contributed by atoms with E-state index in [-0.39, 0.29) is 11.8 Å². The number of likely N-dealkylation sites (N-methyl/N-ethyl adjacent to an activating group) is 1. The number of ether oxygens (including phenoxy) is 1. The van der Waals surface area contributed by atoms with E-state index in [1.807, 2.05) is 0 Å². The predicted molar refractivity (Wildman–Crippen MR) is 95.3 cm³/mol. The van der Waals surface area contributed by atoms with Crippen LogP contribution in [0.15, 0.2) is 0 Å². The second-order valence-electron chi connectivity index (χ2n) is 6.51. The first kappa shape index (κ1) is 22.1. The van der Waals surface area contributed by atoms with Crippen molar-refractivity contribution in [2.24, 2.45) is 0 Å². The molecule has 0 rings (SSSR count). The van der Waals surface area contributed by atoms with Crippen LogP contribution in [0.4, 0.5) is 0 Å². The monoisotopic (exact) mass is 327 g/mol. The fourth-order valence-electron chi connectivity index (χ4n) is 2.53. The van der Waals surface area contributed by atoms with Gasteiger partial charge in [0.05, 0.1) is 0 Å². The van der Waals surface area contributed by atoms with Gasteiger partial charge in [-0.1, -0.05) is 65.2 Å². The Balaban J connectivity index is 4.09. The van der Waals surface area contributed by atoms with Crippen LogP contribution in [0, 0.1) is 0 Å². The van der Waals surface area contributed by atoms with Crippen molar-refractivity contribution in [3.8, 4) is 0 Å². The molecule has 1 unspecified atom stereocenters. The zero-order valence-electron chi connectivity index (χ0n) is 15.7. The van der Waals surface area contributed by atoms with Crippen molar-refractivity contribution in [3.63, 3.8) is 0 Å². The molecule has 0 heterocycles. The van der Waals surface area contributed by atoms with Crippen LogP contribution >= 0.6 is 0 Å². The SMILES string of the molecule is CCCCCCCC(=O)OC(C)(NC)C(=O)CCCCCCC. The van der Waals surface area contributed by atoms with Crippen molar-refractivity contribution < 1.29 is 14.3 Å². The molecule has 0 saturated carbocycles. The van der Waals surface area contributed by atoms with Crippen LogP contribution in [0.2, 0.25) is 0 Å². The lowest BCUT2D eigenvalue weighted by molar-refractivity contribution is -0.169. The van der Waals surface area contributed by atoms with Crippen LogP contribution < -0.4 is 5.32 Å². The Morgan fingerprint density at radius 1 is 0.826 bits per heavy atom. The standard InChI is InChI=1S/C19H37NO3/c1-5-7-9-11-13-15-17(21)19(3,20-4)23-18(22)16-14-12-10-8-6-2/h20H,5-16H2,1-4H3. The third-order valence-electron chi connectivity index (χ3n) is 4.32. The van der Waals surface area contributed by atoms with Gasteiger partial charge in [-0.05, 0) is 26.8 Å². The van der Waals surface area contributed by atoms with Gasteiger partial charge >= 0.3 is 5.97 Å². The van der Waals surface area contributed by atoms with Gasteiger partial charge in [0.1, 0.15) is 0 Å². The van der Waals surface area contributed by atoms with Crippen LogP contribution in [0.3, 0.4) is 0 Å². The van der Waals surface area contributed by atoms with Gasteiger partial charge in [0.25, 0.3) is 0 Å². The van der Waals surface area contributed by atoms with Gasteiger partial charge in [0.15, 0.2) is 5.78 Å². The highest BCUT2D eigenvalue weighted by atomic mass is 16.6. The minimum atomic E-state index is -1.18. The highest BCUT2D eigenvalue weighted by Crippen LogP contribution is 2.16. The molecule has 0 saturated heterocycles. The van der Waals surface area contributed by atoms with Gasteiger partial charge in [-0.2, -0.15) is 0 Å². The molecule has 0 radical (unpaired) electrons. The molecule has 0 aromatic carbocycles. The molecule has 4 nitrogen and oxygen atoms in total. The van der Waals surface area contributed by atoms with Crippen LogP contribution in [0.5, 0.6) is 0 Å². The number of hydrogen-bond acceptors (Lipinski definition) is 4. The zero-order chi connectivity index (χ0) is 17.6. The number of nitrogens with one attached hydrogen (secondary N) is 1. The summed E-state index contributed by atoms with van der Waals surface area (Å²) in [5.74, 6) is -0.312. The second kappa shape index (κ2) is 13.5. The fraction of sp³-hybridized carbons (Fsp3) is 0.895. The Kier molecular flexibility index (Phi) is 13.0. The van der Waals surface area contributed by atoms with Crippen LogP contribution in [0.1, 0.15) is 97.8 Å². The van der Waals surface area contributed by atoms with Crippen molar-refractivity contribution in [2.75, 3.05) is 7.05 Å². The maximum atomic E-state index is 12.3. The smallest absolute Gasteiger partial charge is 0.307 e. The number of hydrogen-bond donors (Lipinski definition) is 1. The van der Waals surface area contributed by atoms with E-state index in [2.05, 4.69) is 19.2 Å². The molecule has 136 valence electrons. The third-order valence-corrected chi connectivity index (χ3v) is 4.32. The Labute approximate surface area is 142 Å². The van der Waals surface area contributed by atoms with E-state index in [0.717, 1.165) is 38.5 Å². The highest BCUT2D eigenvalue weighted by molar-refractivity contribution is 5.88. The molecule has 4 heteroatoms. The van der Waals surface area contributed by atoms with E-state index in [9.17, 15) is 9.59 Å². The molecule has 0 aromatic heterocycles. The average molecular weight is 328 g/mol. The summed E-state index contributed by atoms with van der Waals surface area (Å²) in [7, 11) is 1.67. The summed E-state index contributed by atoms with van der Waals surface area (Å²) < 4.78 is 5.43. The maximum absolute atomic E-state index is 12.3. The molecule has 0 aliphatic carbocycles. The number of ketones is 1. The van der Waals surface area contributed by atoms with E-state index in [1.165, 1.54) is 25.7 Å². The topological polar surface area (TPSA) is 55.4 Å². The Morgan fingerprint density at radius 3 is 1.78 bits per heavy atom. The largest absolute Gasteiger partial charge is 0.437 e. The predicted octanol–water partition coefficient (Wildman–Crippen LogP) is 4.76. The first-order valence-electron chi connectivity index (χ1n) is 9.44. The van der Waals surface area contributed by atoms with Crippen molar-refractivity contribution in [2.45, 2.75) is 104 Å². The normalized spacial score (nSPS) is 13.6. The summed E-state index contributed by atoms with van der Waals surface area (Å²) >= 11 is 0. The highest BCUT2D eigenvalue weighted by Gasteiger charge is 2.34. The molecular weight excluding hydrogens is 290 g/mol. The number of esters is 1. The summed E-state index contributed by atoms with van der Waals surface area (Å²) in [5.41, 5.74) is -1.18. The Hall–Kier alpha value is -0.900. The number of rotatable bonds is 15. The lowest BCUT2D eigenvalue weighted by Gasteiger charge is -2.27. The van der Waals surface area contributed by atoms with Gasteiger partial charge < -0.3 is 4.74 Å². The molecule has 1 N–H and O–H groups in total. The van der Waals surface area contributed by atoms with E-state index in [0.29, 0.717) is 12.8 Å². The van der Waals surface area contributed by atoms with E-state index in [1.54, 1.807) is 14.0 Å². The summed E-state index contributed by atoms with van der Waals surface area (Å²) in [4.78, 5) is 24.3. The Bertz CT molecular complexity index is 331. The third kappa shape index (κ3) is 10.5. The van der Waals surface area contributed by atoms with Crippen LogP contribution in [0.25, 0.3) is 0 Å². The van der Waals surface area contributed by atoms with Gasteiger partial charge in [-0.15, -0.1) is 0 Å². The summed E-state index contributed by atoms with van der Waals surface area (Å²) in [6.45, 7) is 6.00. The van der Waals surface area contributed by atoms with E-state index in [4.69, 9.17) is 4.74 Å². The molecular formula is C19H37NO3. The van der Waals surface area contributed by atoms with Crippen molar-refractivity contribution in [3.05, 3.63) is 0 Å². The number of carbonyl (C=O) groups is 2. The minimum absolute atomic E-state index is 0.0316. The lowest BCUT2D eigenvalue weighted by Crippen LogP contribution is -2.51. The average Bonchev–Trinajstić information content (AvgIpc) is 2.54. The second-order valence-corrected chi connectivity index (χ2v) is 6.51. The van der Waals surface area contributed by atoms with Gasteiger partial charge in [0, 0.05) is 12.8 Å². The fourth-order valence-corrected chi connectivity index (χ4v) is 2.53. The molecule has 0 aromatic rings. The molecule has 0 aliphatic heterocycles. The first-order chi connectivity index (χ1) is 11.0. The van der Waals surface area contributed by atoms with E-state index < -0.39 is 5.72 Å². The van der Waals surface area contributed by atoms with E-state index >= 15 is 0 Å². The number of Topliss-reactive ketones (excluding diaryl/α,β-unsaturated/α-hetero) is 1. The van der Waals surface area contributed by atoms with Crippen LogP contribution in [-0.2, 0) is 14.3 Å². The molecule has 0 fully saturated rings. The minimum Gasteiger partial charge on any atom is -0.437 e.